The predicted molar refractivity (Wildman–Crippen MR) is 88.3 cm³/mol. The molecule has 1 fully saturated rings. The largest absolute Gasteiger partial charge is 0.314 e. The van der Waals surface area contributed by atoms with E-state index in [4.69, 9.17) is 0 Å². The van der Waals surface area contributed by atoms with E-state index in [1.54, 1.807) is 0 Å². The standard InChI is InChI=1S/C19H31N/c1-2-3-8-17-10-12-18(13-11-17)9-6-4-5-7-16-20-19-14-15-19/h10-13,19-20H,2-9,14-16H2,1H3. The van der Waals surface area contributed by atoms with Crippen molar-refractivity contribution in [3.63, 3.8) is 0 Å². The number of unbranched alkanes of at least 4 members (excludes halogenated alkanes) is 4. The topological polar surface area (TPSA) is 12.0 Å². The number of benzene rings is 1. The molecule has 1 aromatic rings. The van der Waals surface area contributed by atoms with E-state index in [-0.39, 0.29) is 0 Å². The molecule has 1 aromatic carbocycles. The minimum atomic E-state index is 0.876. The van der Waals surface area contributed by atoms with Gasteiger partial charge in [-0.25, -0.2) is 0 Å². The average Bonchev–Trinajstić information content (AvgIpc) is 3.29. The molecule has 0 aliphatic heterocycles. The van der Waals surface area contributed by atoms with Crippen LogP contribution in [0.25, 0.3) is 0 Å². The Hall–Kier alpha value is -0.820. The van der Waals surface area contributed by atoms with Crippen LogP contribution in [0.15, 0.2) is 24.3 Å². The molecule has 1 aliphatic carbocycles. The van der Waals surface area contributed by atoms with Gasteiger partial charge in [0.05, 0.1) is 0 Å². The quantitative estimate of drug-likeness (QED) is 0.566. The number of hydrogen-bond donors (Lipinski definition) is 1. The number of rotatable bonds is 11. The van der Waals surface area contributed by atoms with Crippen molar-refractivity contribution in [2.45, 2.75) is 77.2 Å². The van der Waals surface area contributed by atoms with Crippen LogP contribution in [-0.4, -0.2) is 12.6 Å². The highest BCUT2D eigenvalue weighted by atomic mass is 14.9. The van der Waals surface area contributed by atoms with Gasteiger partial charge in [-0.1, -0.05) is 50.5 Å². The molecule has 0 amide bonds. The number of hydrogen-bond acceptors (Lipinski definition) is 1. The highest BCUT2D eigenvalue weighted by Crippen LogP contribution is 2.18. The van der Waals surface area contributed by atoms with Crippen LogP contribution >= 0.6 is 0 Å². The molecule has 1 aliphatic rings. The Kier molecular flexibility index (Phi) is 7.14. The molecular weight excluding hydrogens is 242 g/mol. The molecule has 0 heterocycles. The van der Waals surface area contributed by atoms with Crippen molar-refractivity contribution in [1.82, 2.24) is 5.32 Å². The van der Waals surface area contributed by atoms with E-state index in [1.165, 1.54) is 81.9 Å². The normalized spacial score (nSPS) is 14.7. The van der Waals surface area contributed by atoms with Crippen molar-refractivity contribution in [2.24, 2.45) is 0 Å². The molecule has 1 nitrogen and oxygen atoms in total. The minimum Gasteiger partial charge on any atom is -0.314 e. The fourth-order valence-electron chi connectivity index (χ4n) is 2.65. The number of aryl methyl sites for hydroxylation is 2. The van der Waals surface area contributed by atoms with Gasteiger partial charge in [0, 0.05) is 6.04 Å². The van der Waals surface area contributed by atoms with E-state index in [0.29, 0.717) is 0 Å². The molecule has 0 unspecified atom stereocenters. The van der Waals surface area contributed by atoms with Crippen LogP contribution in [0, 0.1) is 0 Å². The second-order valence-electron chi connectivity index (χ2n) is 6.31. The fraction of sp³-hybridized carbons (Fsp3) is 0.684. The molecule has 112 valence electrons. The lowest BCUT2D eigenvalue weighted by Gasteiger charge is -2.05. The number of nitrogens with one attached hydrogen (secondary N) is 1. The lowest BCUT2D eigenvalue weighted by molar-refractivity contribution is 0.585. The molecule has 0 saturated heterocycles. The molecule has 0 bridgehead atoms. The SMILES string of the molecule is CCCCc1ccc(CCCCCCNC2CC2)cc1. The molecule has 0 atom stereocenters. The van der Waals surface area contributed by atoms with E-state index in [2.05, 4.69) is 36.5 Å². The third-order valence-electron chi connectivity index (χ3n) is 4.24. The van der Waals surface area contributed by atoms with Gasteiger partial charge < -0.3 is 5.32 Å². The van der Waals surface area contributed by atoms with Gasteiger partial charge in [0.25, 0.3) is 0 Å². The van der Waals surface area contributed by atoms with Crippen LogP contribution in [0.3, 0.4) is 0 Å². The van der Waals surface area contributed by atoms with Crippen LogP contribution in [0.5, 0.6) is 0 Å². The summed E-state index contributed by atoms with van der Waals surface area (Å²) >= 11 is 0. The van der Waals surface area contributed by atoms with Gasteiger partial charge >= 0.3 is 0 Å². The van der Waals surface area contributed by atoms with Crippen LogP contribution in [0.1, 0.15) is 69.4 Å². The summed E-state index contributed by atoms with van der Waals surface area (Å²) in [6.45, 7) is 3.49. The lowest BCUT2D eigenvalue weighted by Crippen LogP contribution is -2.17. The highest BCUT2D eigenvalue weighted by Gasteiger charge is 2.19. The summed E-state index contributed by atoms with van der Waals surface area (Å²) in [4.78, 5) is 0. The summed E-state index contributed by atoms with van der Waals surface area (Å²) in [5.41, 5.74) is 3.02. The summed E-state index contributed by atoms with van der Waals surface area (Å²) in [6, 6.07) is 10.2. The van der Waals surface area contributed by atoms with Crippen molar-refractivity contribution in [2.75, 3.05) is 6.54 Å². The Morgan fingerprint density at radius 3 is 2.05 bits per heavy atom. The van der Waals surface area contributed by atoms with Gasteiger partial charge in [-0.15, -0.1) is 0 Å². The molecule has 0 radical (unpaired) electrons. The highest BCUT2D eigenvalue weighted by molar-refractivity contribution is 5.22. The zero-order valence-corrected chi connectivity index (χ0v) is 13.2. The van der Waals surface area contributed by atoms with Crippen molar-refractivity contribution in [3.05, 3.63) is 35.4 Å². The first kappa shape index (κ1) is 15.6. The first-order valence-electron chi connectivity index (χ1n) is 8.69. The summed E-state index contributed by atoms with van der Waals surface area (Å²) in [5, 5.41) is 3.59. The second kappa shape index (κ2) is 9.18. The molecule has 2 rings (SSSR count). The maximum absolute atomic E-state index is 3.59. The van der Waals surface area contributed by atoms with Gasteiger partial charge in [0.2, 0.25) is 0 Å². The molecule has 1 N–H and O–H groups in total. The van der Waals surface area contributed by atoms with Gasteiger partial charge in [0.1, 0.15) is 0 Å². The van der Waals surface area contributed by atoms with Crippen LogP contribution in [-0.2, 0) is 12.8 Å². The molecule has 0 aromatic heterocycles. The first-order chi connectivity index (χ1) is 9.88. The van der Waals surface area contributed by atoms with Crippen LogP contribution < -0.4 is 5.32 Å². The van der Waals surface area contributed by atoms with Gasteiger partial charge in [-0.05, 0) is 62.6 Å². The molecule has 1 heteroatoms. The third-order valence-corrected chi connectivity index (χ3v) is 4.24. The smallest absolute Gasteiger partial charge is 0.00682 e. The van der Waals surface area contributed by atoms with E-state index >= 15 is 0 Å². The summed E-state index contributed by atoms with van der Waals surface area (Å²) in [6.07, 6.45) is 13.4. The van der Waals surface area contributed by atoms with E-state index in [0.717, 1.165) is 6.04 Å². The molecule has 1 saturated carbocycles. The Morgan fingerprint density at radius 1 is 0.850 bits per heavy atom. The predicted octanol–water partition coefficient (Wildman–Crippen LogP) is 4.88. The summed E-state index contributed by atoms with van der Waals surface area (Å²) in [5.74, 6) is 0. The Balaban J connectivity index is 1.49. The van der Waals surface area contributed by atoms with Crippen molar-refractivity contribution < 1.29 is 0 Å². The Morgan fingerprint density at radius 2 is 1.45 bits per heavy atom. The van der Waals surface area contributed by atoms with Crippen molar-refractivity contribution in [1.29, 1.82) is 0 Å². The third kappa shape index (κ3) is 6.56. The van der Waals surface area contributed by atoms with Crippen LogP contribution in [0.4, 0.5) is 0 Å². The zero-order valence-electron chi connectivity index (χ0n) is 13.2. The Bertz CT molecular complexity index is 351. The van der Waals surface area contributed by atoms with Crippen molar-refractivity contribution >= 4 is 0 Å². The molecule has 0 spiro atoms. The van der Waals surface area contributed by atoms with E-state index in [9.17, 15) is 0 Å². The maximum Gasteiger partial charge on any atom is 0.00682 e. The van der Waals surface area contributed by atoms with Gasteiger partial charge in [-0.2, -0.15) is 0 Å². The van der Waals surface area contributed by atoms with Gasteiger partial charge in [-0.3, -0.25) is 0 Å². The van der Waals surface area contributed by atoms with Crippen molar-refractivity contribution in [3.8, 4) is 0 Å². The fourth-order valence-corrected chi connectivity index (χ4v) is 2.65. The minimum absolute atomic E-state index is 0.876. The summed E-state index contributed by atoms with van der Waals surface area (Å²) < 4.78 is 0. The second-order valence-corrected chi connectivity index (χ2v) is 6.31. The monoisotopic (exact) mass is 273 g/mol. The molecule has 20 heavy (non-hydrogen) atoms. The van der Waals surface area contributed by atoms with Crippen LogP contribution in [0.2, 0.25) is 0 Å². The van der Waals surface area contributed by atoms with E-state index < -0.39 is 0 Å². The maximum atomic E-state index is 3.59. The van der Waals surface area contributed by atoms with Gasteiger partial charge in [0.15, 0.2) is 0 Å². The average molecular weight is 273 g/mol. The molecular formula is C19H31N. The van der Waals surface area contributed by atoms with E-state index in [1.807, 2.05) is 0 Å². The lowest BCUT2D eigenvalue weighted by atomic mass is 10.0. The summed E-state index contributed by atoms with van der Waals surface area (Å²) in [7, 11) is 0. The first-order valence-corrected chi connectivity index (χ1v) is 8.69. The Labute approximate surface area is 125 Å². The zero-order chi connectivity index (χ0) is 14.0.